The van der Waals surface area contributed by atoms with Gasteiger partial charge in [-0.2, -0.15) is 0 Å². The molecule has 0 atom stereocenters. The highest BCUT2D eigenvalue weighted by molar-refractivity contribution is 6.12. The third kappa shape index (κ3) is 3.91. The Morgan fingerprint density at radius 3 is 2.54 bits per heavy atom. The van der Waals surface area contributed by atoms with Crippen molar-refractivity contribution in [2.75, 3.05) is 26.2 Å². The van der Waals surface area contributed by atoms with Gasteiger partial charge in [-0.25, -0.2) is 0 Å². The van der Waals surface area contributed by atoms with Crippen LogP contribution >= 0.6 is 0 Å². The van der Waals surface area contributed by atoms with Crippen LogP contribution < -0.4 is 24.7 Å². The molecular weight excluding hydrogens is 358 g/mol. The lowest BCUT2D eigenvalue weighted by atomic mass is 9.92. The molecule has 0 unspecified atom stereocenters. The third-order valence-electron chi connectivity index (χ3n) is 4.50. The van der Waals surface area contributed by atoms with Gasteiger partial charge in [-0.3, -0.25) is 4.79 Å². The lowest BCUT2D eigenvalue weighted by Crippen LogP contribution is -2.10. The molecule has 0 amide bonds. The number of nitrogen functional groups attached to an aromatic ring is 1. The summed E-state index contributed by atoms with van der Waals surface area (Å²) in [4.78, 5) is 13.2. The Labute approximate surface area is 164 Å². The second-order valence-electron chi connectivity index (χ2n) is 6.72. The molecule has 1 aliphatic heterocycles. The molecule has 2 aromatic carbocycles. The van der Waals surface area contributed by atoms with Crippen molar-refractivity contribution in [1.29, 1.82) is 0 Å². The second kappa shape index (κ2) is 8.25. The number of anilines is 1. The fourth-order valence-corrected chi connectivity index (χ4v) is 3.01. The smallest absolute Gasteiger partial charge is 0.231 e. The summed E-state index contributed by atoms with van der Waals surface area (Å²) in [5.74, 6) is 2.30. The molecule has 0 saturated carbocycles. The summed E-state index contributed by atoms with van der Waals surface area (Å²) in [6.07, 6.45) is 1.84. The molecule has 0 aliphatic carbocycles. The van der Waals surface area contributed by atoms with Crippen LogP contribution in [0.1, 0.15) is 36.7 Å². The number of hydrogen-bond acceptors (Lipinski definition) is 6. The number of rotatable bonds is 7. The highest BCUT2D eigenvalue weighted by atomic mass is 16.7. The molecule has 0 aromatic heterocycles. The quantitative estimate of drug-likeness (QED) is 0.436. The predicted molar refractivity (Wildman–Crippen MR) is 108 cm³/mol. The van der Waals surface area contributed by atoms with Crippen LogP contribution in [0.2, 0.25) is 0 Å². The molecule has 2 N–H and O–H groups in total. The molecule has 2 aromatic rings. The summed E-state index contributed by atoms with van der Waals surface area (Å²) >= 11 is 0. The van der Waals surface area contributed by atoms with Gasteiger partial charge in [-0.15, -0.1) is 0 Å². The van der Waals surface area contributed by atoms with E-state index < -0.39 is 0 Å². The molecule has 0 spiro atoms. The number of allylic oxidation sites excluding steroid dienone is 1. The van der Waals surface area contributed by atoms with E-state index >= 15 is 0 Å². The Bertz CT molecular complexity index is 917. The Kier molecular flexibility index (Phi) is 5.78. The maximum Gasteiger partial charge on any atom is 0.231 e. The second-order valence-corrected chi connectivity index (χ2v) is 6.72. The summed E-state index contributed by atoms with van der Waals surface area (Å²) in [6.45, 7) is 6.48. The fraction of sp³-hybridized carbons (Fsp3) is 0.318. The largest absolute Gasteiger partial charge is 0.496 e. The van der Waals surface area contributed by atoms with E-state index in [2.05, 4.69) is 0 Å². The Balaban J connectivity index is 2.03. The van der Waals surface area contributed by atoms with Crippen LogP contribution in [0.3, 0.4) is 0 Å². The number of Topliss-reactive ketones (excluding diaryl/α,β-unsaturated/α-hetero) is 1. The number of carbonyl (C=O) groups excluding carboxylic acids is 1. The van der Waals surface area contributed by atoms with Crippen molar-refractivity contribution >= 4 is 17.5 Å². The van der Waals surface area contributed by atoms with Crippen LogP contribution in [-0.4, -0.2) is 26.3 Å². The minimum absolute atomic E-state index is 0.00396. The molecule has 148 valence electrons. The van der Waals surface area contributed by atoms with Crippen LogP contribution in [0.25, 0.3) is 6.08 Å². The topological polar surface area (TPSA) is 80.0 Å². The molecule has 1 heterocycles. The van der Waals surface area contributed by atoms with E-state index in [0.29, 0.717) is 46.4 Å². The first-order chi connectivity index (χ1) is 13.4. The van der Waals surface area contributed by atoms with Gasteiger partial charge < -0.3 is 24.7 Å². The molecule has 0 radical (unpaired) electrons. The van der Waals surface area contributed by atoms with Gasteiger partial charge in [0.05, 0.1) is 19.4 Å². The number of ether oxygens (including phenoxy) is 4. The highest BCUT2D eigenvalue weighted by Gasteiger charge is 2.21. The first-order valence-corrected chi connectivity index (χ1v) is 9.20. The number of hydrogen-bond donors (Lipinski definition) is 1. The summed E-state index contributed by atoms with van der Waals surface area (Å²) in [5.41, 5.74) is 8.36. The summed E-state index contributed by atoms with van der Waals surface area (Å²) in [5, 5.41) is 0. The average molecular weight is 383 g/mol. The van der Waals surface area contributed by atoms with Gasteiger partial charge in [-0.1, -0.05) is 13.8 Å². The minimum Gasteiger partial charge on any atom is -0.496 e. The average Bonchev–Trinajstić information content (AvgIpc) is 3.13. The number of carbonyl (C=O) groups is 1. The maximum absolute atomic E-state index is 13.2. The first kappa shape index (κ1) is 19.6. The summed E-state index contributed by atoms with van der Waals surface area (Å²) in [6, 6.07) is 8.69. The summed E-state index contributed by atoms with van der Waals surface area (Å²) in [7, 11) is 1.58. The van der Waals surface area contributed by atoms with E-state index in [1.54, 1.807) is 31.4 Å². The third-order valence-corrected chi connectivity index (χ3v) is 4.50. The fourth-order valence-electron chi connectivity index (χ4n) is 3.01. The van der Waals surface area contributed by atoms with E-state index in [1.165, 1.54) is 0 Å². The van der Waals surface area contributed by atoms with Gasteiger partial charge in [0, 0.05) is 22.8 Å². The van der Waals surface area contributed by atoms with Gasteiger partial charge in [0.25, 0.3) is 0 Å². The van der Waals surface area contributed by atoms with Crippen molar-refractivity contribution in [1.82, 2.24) is 0 Å². The monoisotopic (exact) mass is 383 g/mol. The number of methoxy groups -OCH3 is 1. The van der Waals surface area contributed by atoms with Crippen LogP contribution in [0.5, 0.6) is 23.0 Å². The Morgan fingerprint density at radius 2 is 1.89 bits per heavy atom. The first-order valence-electron chi connectivity index (χ1n) is 9.20. The zero-order valence-electron chi connectivity index (χ0n) is 16.6. The lowest BCUT2D eigenvalue weighted by molar-refractivity contribution is 0.102. The van der Waals surface area contributed by atoms with E-state index in [4.69, 9.17) is 24.7 Å². The van der Waals surface area contributed by atoms with E-state index in [-0.39, 0.29) is 18.5 Å². The molecule has 0 fully saturated rings. The maximum atomic E-state index is 13.2. The number of nitrogens with two attached hydrogens (primary N) is 1. The molecule has 0 bridgehead atoms. The van der Waals surface area contributed by atoms with Gasteiger partial charge in [-0.05, 0) is 43.2 Å². The van der Waals surface area contributed by atoms with E-state index in [0.717, 1.165) is 5.56 Å². The molecule has 1 aliphatic rings. The number of benzene rings is 2. The van der Waals surface area contributed by atoms with Crippen LogP contribution in [0.4, 0.5) is 5.69 Å². The van der Waals surface area contributed by atoms with Gasteiger partial charge in [0.15, 0.2) is 17.3 Å². The SMILES string of the molecule is CCOc1cc(C(=O)/C(=C/c2cc3c(cc2OC)OCO3)C(C)C)ccc1N. The standard InChI is InChI=1S/C22H25NO5/c1-5-26-19-9-14(6-7-17(19)23)22(24)16(13(2)3)8-15-10-20-21(28-12-27-20)11-18(15)25-4/h6-11,13H,5,12,23H2,1-4H3/b16-8+. The zero-order valence-corrected chi connectivity index (χ0v) is 16.6. The molecular formula is C22H25NO5. The van der Waals surface area contributed by atoms with Crippen LogP contribution in [-0.2, 0) is 0 Å². The molecule has 6 heteroatoms. The molecule has 3 rings (SSSR count). The van der Waals surface area contributed by atoms with Crippen molar-refractivity contribution in [3.05, 3.63) is 47.0 Å². The van der Waals surface area contributed by atoms with Gasteiger partial charge in [0.2, 0.25) is 6.79 Å². The van der Waals surface area contributed by atoms with Gasteiger partial charge in [0.1, 0.15) is 11.5 Å². The van der Waals surface area contributed by atoms with Gasteiger partial charge >= 0.3 is 0 Å². The molecule has 0 saturated heterocycles. The van der Waals surface area contributed by atoms with E-state index in [9.17, 15) is 4.79 Å². The van der Waals surface area contributed by atoms with Crippen molar-refractivity contribution in [3.63, 3.8) is 0 Å². The van der Waals surface area contributed by atoms with Crippen LogP contribution in [0, 0.1) is 5.92 Å². The van der Waals surface area contributed by atoms with Crippen molar-refractivity contribution in [2.45, 2.75) is 20.8 Å². The van der Waals surface area contributed by atoms with Crippen molar-refractivity contribution in [2.24, 2.45) is 5.92 Å². The Morgan fingerprint density at radius 1 is 1.18 bits per heavy atom. The van der Waals surface area contributed by atoms with Crippen molar-refractivity contribution in [3.8, 4) is 23.0 Å². The highest BCUT2D eigenvalue weighted by Crippen LogP contribution is 2.39. The molecule has 28 heavy (non-hydrogen) atoms. The minimum atomic E-state index is -0.0873. The zero-order chi connectivity index (χ0) is 20.3. The van der Waals surface area contributed by atoms with Crippen molar-refractivity contribution < 1.29 is 23.7 Å². The summed E-state index contributed by atoms with van der Waals surface area (Å²) < 4.78 is 21.9. The van der Waals surface area contributed by atoms with E-state index in [1.807, 2.05) is 32.9 Å². The van der Waals surface area contributed by atoms with Crippen LogP contribution in [0.15, 0.2) is 35.9 Å². The number of ketones is 1. The molecule has 6 nitrogen and oxygen atoms in total. The number of fused-ring (bicyclic) bond motifs is 1. The predicted octanol–water partition coefficient (Wildman–Crippen LogP) is 4.33. The lowest BCUT2D eigenvalue weighted by Gasteiger charge is -2.14. The Hall–Kier alpha value is -3.15. The normalized spacial score (nSPS) is 13.0.